The Balaban J connectivity index is 1.21. The molecule has 0 spiro atoms. The Kier molecular flexibility index (Phi) is 6.01. The molecule has 0 aliphatic carbocycles. The second-order valence-electron chi connectivity index (χ2n) is 8.04. The van der Waals surface area contributed by atoms with Crippen molar-refractivity contribution in [3.63, 3.8) is 0 Å². The lowest BCUT2D eigenvalue weighted by Crippen LogP contribution is -2.32. The van der Waals surface area contributed by atoms with Crippen molar-refractivity contribution < 1.29 is 33.4 Å². The molecule has 1 N–H and O–H groups in total. The van der Waals surface area contributed by atoms with E-state index in [1.807, 2.05) is 0 Å². The van der Waals surface area contributed by atoms with Gasteiger partial charge in [0, 0.05) is 22.3 Å². The van der Waals surface area contributed by atoms with Crippen molar-refractivity contribution in [3.05, 3.63) is 64.4 Å². The standard InChI is InChI=1S/C22H20FN5O7/c23-19-5-15(27-8-16(10-29)35-22(27)30)3-4-18(19)13-1-2-14(24-6-13)11-33-17-7-26-9-20(28(31)32)25-21(26)34-12-17/h1-6,9,16-17,29H,7-8,10-12H2/t16-,17+/m1/s1. The number of cyclic esters (lactones) is 1. The average molecular weight is 485 g/mol. The van der Waals surface area contributed by atoms with Crippen LogP contribution >= 0.6 is 0 Å². The molecule has 0 unspecified atom stereocenters. The van der Waals surface area contributed by atoms with Crippen molar-refractivity contribution in [2.45, 2.75) is 25.4 Å². The summed E-state index contributed by atoms with van der Waals surface area (Å²) in [6.45, 7) is 0.578. The summed E-state index contributed by atoms with van der Waals surface area (Å²) >= 11 is 0. The van der Waals surface area contributed by atoms with Gasteiger partial charge in [0.25, 0.3) is 0 Å². The number of aromatic nitrogens is 3. The monoisotopic (exact) mass is 485 g/mol. The van der Waals surface area contributed by atoms with E-state index in [9.17, 15) is 19.3 Å². The minimum absolute atomic E-state index is 0.148. The Bertz CT molecular complexity index is 1270. The summed E-state index contributed by atoms with van der Waals surface area (Å²) in [5, 5.41) is 20.0. The van der Waals surface area contributed by atoms with Gasteiger partial charge in [0.05, 0.1) is 37.7 Å². The average Bonchev–Trinajstić information content (AvgIpc) is 3.46. The molecule has 1 aromatic carbocycles. The van der Waals surface area contributed by atoms with Gasteiger partial charge < -0.3 is 29.4 Å². The lowest BCUT2D eigenvalue weighted by atomic mass is 10.1. The third kappa shape index (κ3) is 4.63. The molecule has 35 heavy (non-hydrogen) atoms. The minimum Gasteiger partial charge on any atom is -0.443 e. The van der Waals surface area contributed by atoms with Crippen molar-refractivity contribution in [2.75, 3.05) is 24.7 Å². The molecular formula is C22H20FN5O7. The number of nitrogens with zero attached hydrogens (tertiary/aromatic N) is 5. The highest BCUT2D eigenvalue weighted by molar-refractivity contribution is 5.90. The van der Waals surface area contributed by atoms with E-state index >= 15 is 0 Å². The molecule has 2 aromatic heterocycles. The zero-order valence-corrected chi connectivity index (χ0v) is 18.2. The summed E-state index contributed by atoms with van der Waals surface area (Å²) in [6.07, 6.45) is 1.22. The molecule has 0 radical (unpaired) electrons. The van der Waals surface area contributed by atoms with Gasteiger partial charge in [0.1, 0.15) is 30.8 Å². The van der Waals surface area contributed by atoms with E-state index in [2.05, 4.69) is 9.97 Å². The number of ether oxygens (including phenoxy) is 3. The molecular weight excluding hydrogens is 465 g/mol. The second kappa shape index (κ2) is 9.27. The van der Waals surface area contributed by atoms with Crippen molar-refractivity contribution in [3.8, 4) is 17.1 Å². The highest BCUT2D eigenvalue weighted by atomic mass is 19.1. The SMILES string of the molecule is O=C1O[C@@H](CO)CN1c1ccc(-c2ccc(CO[C@@H]3COc4nc([N+](=O)[O-])cn4C3)nc2)c(F)c1. The second-order valence-corrected chi connectivity index (χ2v) is 8.04. The first-order valence-corrected chi connectivity index (χ1v) is 10.7. The van der Waals surface area contributed by atoms with E-state index in [0.29, 0.717) is 29.1 Å². The van der Waals surface area contributed by atoms with E-state index in [1.54, 1.807) is 24.3 Å². The van der Waals surface area contributed by atoms with Crippen LogP contribution in [-0.2, 0) is 22.6 Å². The van der Waals surface area contributed by atoms with Crippen LogP contribution in [0.4, 0.5) is 20.7 Å². The van der Waals surface area contributed by atoms with Crippen molar-refractivity contribution in [1.29, 1.82) is 0 Å². The smallest absolute Gasteiger partial charge is 0.414 e. The van der Waals surface area contributed by atoms with Gasteiger partial charge in [-0.3, -0.25) is 14.5 Å². The topological polar surface area (TPSA) is 142 Å². The molecule has 1 saturated heterocycles. The maximum Gasteiger partial charge on any atom is 0.414 e. The van der Waals surface area contributed by atoms with Gasteiger partial charge in [-0.15, -0.1) is 0 Å². The molecule has 13 heteroatoms. The van der Waals surface area contributed by atoms with Crippen LogP contribution in [0.5, 0.6) is 6.01 Å². The number of benzene rings is 1. The number of halogens is 1. The van der Waals surface area contributed by atoms with Crippen LogP contribution in [-0.4, -0.2) is 62.6 Å². The Morgan fingerprint density at radius 2 is 2.14 bits per heavy atom. The van der Waals surface area contributed by atoms with E-state index in [0.717, 1.165) is 0 Å². The number of fused-ring (bicyclic) bond motifs is 1. The molecule has 3 aromatic rings. The normalized spacial score (nSPS) is 19.3. The van der Waals surface area contributed by atoms with Gasteiger partial charge in [-0.1, -0.05) is 6.07 Å². The van der Waals surface area contributed by atoms with Crippen LogP contribution in [0, 0.1) is 15.9 Å². The maximum absolute atomic E-state index is 14.8. The van der Waals surface area contributed by atoms with Crippen LogP contribution in [0.3, 0.4) is 0 Å². The number of hydrogen-bond acceptors (Lipinski definition) is 9. The molecule has 4 heterocycles. The third-order valence-corrected chi connectivity index (χ3v) is 5.66. The first kappa shape index (κ1) is 22.7. The van der Waals surface area contributed by atoms with Crippen LogP contribution in [0.25, 0.3) is 11.1 Å². The van der Waals surface area contributed by atoms with Gasteiger partial charge in [-0.2, -0.15) is 0 Å². The maximum atomic E-state index is 14.8. The lowest BCUT2D eigenvalue weighted by molar-refractivity contribution is -0.389. The molecule has 182 valence electrons. The predicted octanol–water partition coefficient (Wildman–Crippen LogP) is 2.29. The van der Waals surface area contributed by atoms with Gasteiger partial charge in [-0.05, 0) is 29.2 Å². The number of amides is 1. The molecule has 5 rings (SSSR count). The quantitative estimate of drug-likeness (QED) is 0.394. The van der Waals surface area contributed by atoms with Gasteiger partial charge in [0.15, 0.2) is 0 Å². The molecule has 2 aliphatic heterocycles. The van der Waals surface area contributed by atoms with Crippen LogP contribution < -0.4 is 9.64 Å². The predicted molar refractivity (Wildman–Crippen MR) is 117 cm³/mol. The zero-order chi connectivity index (χ0) is 24.5. The number of carbonyl (C=O) groups excluding carboxylic acids is 1. The number of carbonyl (C=O) groups is 1. The molecule has 2 atom stereocenters. The Morgan fingerprint density at radius 3 is 2.83 bits per heavy atom. The van der Waals surface area contributed by atoms with Crippen LogP contribution in [0.1, 0.15) is 5.69 Å². The van der Waals surface area contributed by atoms with E-state index in [1.165, 1.54) is 27.9 Å². The number of aliphatic hydroxyl groups excluding tert-OH is 1. The van der Waals surface area contributed by atoms with Crippen LogP contribution in [0.15, 0.2) is 42.7 Å². The summed E-state index contributed by atoms with van der Waals surface area (Å²) in [6, 6.07) is 8.01. The molecule has 0 bridgehead atoms. The Hall–Kier alpha value is -4.10. The van der Waals surface area contributed by atoms with Crippen molar-refractivity contribution in [2.24, 2.45) is 0 Å². The molecule has 2 aliphatic rings. The zero-order valence-electron chi connectivity index (χ0n) is 18.2. The van der Waals surface area contributed by atoms with E-state index in [-0.39, 0.29) is 44.3 Å². The van der Waals surface area contributed by atoms with Gasteiger partial charge in [0.2, 0.25) is 0 Å². The number of imidazole rings is 1. The summed E-state index contributed by atoms with van der Waals surface area (Å²) < 4.78 is 32.6. The fraction of sp³-hybridized carbons (Fsp3) is 0.318. The summed E-state index contributed by atoms with van der Waals surface area (Å²) in [5.74, 6) is -0.814. The highest BCUT2D eigenvalue weighted by Gasteiger charge is 2.32. The van der Waals surface area contributed by atoms with Crippen molar-refractivity contribution in [1.82, 2.24) is 14.5 Å². The fourth-order valence-corrected chi connectivity index (χ4v) is 3.87. The fourth-order valence-electron chi connectivity index (χ4n) is 3.87. The molecule has 1 amide bonds. The number of anilines is 1. The highest BCUT2D eigenvalue weighted by Crippen LogP contribution is 2.29. The first-order valence-electron chi connectivity index (χ1n) is 10.7. The number of aliphatic hydroxyl groups is 1. The molecule has 12 nitrogen and oxygen atoms in total. The number of rotatable bonds is 7. The summed E-state index contributed by atoms with van der Waals surface area (Å²) in [7, 11) is 0. The van der Waals surface area contributed by atoms with Crippen molar-refractivity contribution >= 4 is 17.6 Å². The summed E-state index contributed by atoms with van der Waals surface area (Å²) in [4.78, 5) is 31.6. The first-order chi connectivity index (χ1) is 16.9. The number of hydrogen-bond donors (Lipinski definition) is 1. The van der Waals surface area contributed by atoms with Crippen LogP contribution in [0.2, 0.25) is 0 Å². The lowest BCUT2D eigenvalue weighted by Gasteiger charge is -2.22. The molecule has 0 saturated carbocycles. The van der Waals surface area contributed by atoms with Gasteiger partial charge >= 0.3 is 17.9 Å². The van der Waals surface area contributed by atoms with E-state index in [4.69, 9.17) is 19.3 Å². The Morgan fingerprint density at radius 1 is 1.29 bits per heavy atom. The number of pyridine rings is 1. The van der Waals surface area contributed by atoms with Gasteiger partial charge in [-0.25, -0.2) is 9.18 Å². The molecule has 1 fully saturated rings. The minimum atomic E-state index is -0.634. The Labute approximate surface area is 197 Å². The van der Waals surface area contributed by atoms with E-state index < -0.39 is 22.9 Å². The summed E-state index contributed by atoms with van der Waals surface area (Å²) in [5.41, 5.74) is 1.82. The largest absolute Gasteiger partial charge is 0.443 e. The third-order valence-electron chi connectivity index (χ3n) is 5.66. The number of nitro groups is 1.